The third kappa shape index (κ3) is 4.45. The van der Waals surface area contributed by atoms with Crippen LogP contribution in [0.2, 0.25) is 0 Å². The third-order valence-electron chi connectivity index (χ3n) is 5.13. The van der Waals surface area contributed by atoms with Crippen molar-refractivity contribution in [3.8, 4) is 5.75 Å². The summed E-state index contributed by atoms with van der Waals surface area (Å²) in [7, 11) is 1.56. The van der Waals surface area contributed by atoms with Gasteiger partial charge in [-0.2, -0.15) is 0 Å². The van der Waals surface area contributed by atoms with Crippen molar-refractivity contribution in [2.45, 2.75) is 26.8 Å². The van der Waals surface area contributed by atoms with Gasteiger partial charge in [0, 0.05) is 7.05 Å². The average molecular weight is 412 g/mol. The minimum absolute atomic E-state index is 0.00172. The molecule has 6 nitrogen and oxygen atoms in total. The van der Waals surface area contributed by atoms with E-state index in [1.54, 1.807) is 14.0 Å². The molecule has 7 heteroatoms. The minimum Gasteiger partial charge on any atom is -0.487 e. The van der Waals surface area contributed by atoms with Gasteiger partial charge in [0.05, 0.1) is 23.9 Å². The van der Waals surface area contributed by atoms with Gasteiger partial charge in [0.2, 0.25) is 0 Å². The largest absolute Gasteiger partial charge is 0.487 e. The Kier molecular flexibility index (Phi) is 6.40. The molecule has 0 fully saturated rings. The van der Waals surface area contributed by atoms with Crippen LogP contribution in [0.25, 0.3) is 0 Å². The van der Waals surface area contributed by atoms with Gasteiger partial charge in [0.15, 0.2) is 0 Å². The monoisotopic (exact) mass is 412 g/mol. The van der Waals surface area contributed by atoms with E-state index in [9.17, 15) is 14.0 Å². The predicted octanol–water partition coefficient (Wildman–Crippen LogP) is 4.03. The lowest BCUT2D eigenvalue weighted by molar-refractivity contribution is -0.139. The predicted molar refractivity (Wildman–Crippen MR) is 111 cm³/mol. The normalized spacial score (nSPS) is 16.4. The molecule has 0 saturated heterocycles. The summed E-state index contributed by atoms with van der Waals surface area (Å²) in [6.45, 7) is 5.88. The van der Waals surface area contributed by atoms with Crippen LogP contribution in [0.3, 0.4) is 0 Å². The summed E-state index contributed by atoms with van der Waals surface area (Å²) in [6.07, 6.45) is 0. The van der Waals surface area contributed by atoms with Crippen molar-refractivity contribution < 1.29 is 23.5 Å². The second-order valence-electron chi connectivity index (χ2n) is 7.11. The topological polar surface area (TPSA) is 67.9 Å². The van der Waals surface area contributed by atoms with Crippen LogP contribution in [0, 0.1) is 19.7 Å². The first-order valence-electron chi connectivity index (χ1n) is 9.71. The highest BCUT2D eigenvalue weighted by molar-refractivity contribution is 5.95. The van der Waals surface area contributed by atoms with Crippen molar-refractivity contribution in [2.24, 2.45) is 0 Å². The van der Waals surface area contributed by atoms with Gasteiger partial charge in [-0.15, -0.1) is 0 Å². The maximum Gasteiger partial charge on any atom is 0.338 e. The average Bonchev–Trinajstić information content (AvgIpc) is 2.72. The van der Waals surface area contributed by atoms with Crippen molar-refractivity contribution in [2.75, 3.05) is 20.3 Å². The fraction of sp³-hybridized carbons (Fsp3) is 0.304. The van der Waals surface area contributed by atoms with Gasteiger partial charge in [-0.3, -0.25) is 4.90 Å². The molecule has 0 aliphatic carbocycles. The van der Waals surface area contributed by atoms with E-state index in [1.165, 1.54) is 29.2 Å². The van der Waals surface area contributed by atoms with E-state index in [1.807, 2.05) is 32.0 Å². The lowest BCUT2D eigenvalue weighted by Crippen LogP contribution is -2.48. The number of urea groups is 1. The Hall–Kier alpha value is -3.35. The van der Waals surface area contributed by atoms with E-state index in [0.29, 0.717) is 17.0 Å². The molecule has 0 bridgehead atoms. The van der Waals surface area contributed by atoms with Crippen LogP contribution in [0.1, 0.15) is 29.7 Å². The summed E-state index contributed by atoms with van der Waals surface area (Å²) in [5, 5.41) is 2.79. The Morgan fingerprint density at radius 2 is 1.83 bits per heavy atom. The maximum absolute atomic E-state index is 13.4. The van der Waals surface area contributed by atoms with Gasteiger partial charge in [0.1, 0.15) is 18.2 Å². The van der Waals surface area contributed by atoms with E-state index < -0.39 is 23.9 Å². The van der Waals surface area contributed by atoms with Crippen LogP contribution in [0.5, 0.6) is 5.75 Å². The number of ether oxygens (including phenoxy) is 2. The summed E-state index contributed by atoms with van der Waals surface area (Å²) in [6, 6.07) is 10.2. The Labute approximate surface area is 175 Å². The van der Waals surface area contributed by atoms with Crippen molar-refractivity contribution >= 4 is 12.0 Å². The highest BCUT2D eigenvalue weighted by atomic mass is 19.1. The number of esters is 1. The van der Waals surface area contributed by atoms with Crippen LogP contribution >= 0.6 is 0 Å². The molecule has 0 aromatic heterocycles. The van der Waals surface area contributed by atoms with Gasteiger partial charge in [-0.1, -0.05) is 18.2 Å². The quantitative estimate of drug-likeness (QED) is 0.728. The van der Waals surface area contributed by atoms with E-state index in [2.05, 4.69) is 5.32 Å². The zero-order valence-corrected chi connectivity index (χ0v) is 17.5. The fourth-order valence-corrected chi connectivity index (χ4v) is 3.24. The lowest BCUT2D eigenvalue weighted by Gasteiger charge is -2.34. The first-order valence-corrected chi connectivity index (χ1v) is 9.71. The minimum atomic E-state index is -0.772. The maximum atomic E-state index is 13.4. The van der Waals surface area contributed by atoms with Crippen molar-refractivity contribution in [3.63, 3.8) is 0 Å². The third-order valence-corrected chi connectivity index (χ3v) is 5.13. The number of nitrogens with zero attached hydrogens (tertiary/aromatic N) is 1. The molecule has 1 aliphatic heterocycles. The molecule has 2 amide bonds. The van der Waals surface area contributed by atoms with Gasteiger partial charge < -0.3 is 14.8 Å². The first-order chi connectivity index (χ1) is 14.3. The van der Waals surface area contributed by atoms with Gasteiger partial charge in [-0.25, -0.2) is 14.0 Å². The molecule has 2 aromatic carbocycles. The molecule has 0 spiro atoms. The van der Waals surface area contributed by atoms with Crippen molar-refractivity contribution in [1.82, 2.24) is 10.2 Å². The number of hydrogen-bond donors (Lipinski definition) is 1. The van der Waals surface area contributed by atoms with Crippen LogP contribution in [-0.4, -0.2) is 37.2 Å². The van der Waals surface area contributed by atoms with Crippen LogP contribution in [-0.2, 0) is 9.53 Å². The molecule has 30 heavy (non-hydrogen) atoms. The Bertz CT molecular complexity index is 985. The molecular weight excluding hydrogens is 387 g/mol. The molecular formula is C23H25FN2O4. The molecule has 0 radical (unpaired) electrons. The Morgan fingerprint density at radius 1 is 1.13 bits per heavy atom. The van der Waals surface area contributed by atoms with Crippen molar-refractivity contribution in [3.05, 3.63) is 76.2 Å². The zero-order chi connectivity index (χ0) is 21.8. The van der Waals surface area contributed by atoms with E-state index in [4.69, 9.17) is 9.47 Å². The molecule has 158 valence electrons. The van der Waals surface area contributed by atoms with Crippen LogP contribution in [0.4, 0.5) is 9.18 Å². The lowest BCUT2D eigenvalue weighted by atomic mass is 9.94. The summed E-state index contributed by atoms with van der Waals surface area (Å²) in [5.41, 5.74) is 3.44. The smallest absolute Gasteiger partial charge is 0.338 e. The highest BCUT2D eigenvalue weighted by Gasteiger charge is 2.37. The Morgan fingerprint density at radius 3 is 2.47 bits per heavy atom. The molecule has 1 N–H and O–H groups in total. The SMILES string of the molecule is CCOC(=O)C1=C(COc2ccc(C)c(C)c2)N(C)C(=O)NC1c1ccc(F)cc1. The fourth-order valence-electron chi connectivity index (χ4n) is 3.24. The molecule has 2 aromatic rings. The summed E-state index contributed by atoms with van der Waals surface area (Å²) in [5.74, 6) is -0.332. The Balaban J connectivity index is 2.01. The van der Waals surface area contributed by atoms with Gasteiger partial charge >= 0.3 is 12.0 Å². The summed E-state index contributed by atoms with van der Waals surface area (Å²) in [4.78, 5) is 26.8. The van der Waals surface area contributed by atoms with Gasteiger partial charge in [0.25, 0.3) is 0 Å². The molecule has 3 rings (SSSR count). The number of hydrogen-bond acceptors (Lipinski definition) is 4. The number of likely N-dealkylation sites (N-methyl/N-ethyl adjacent to an activating group) is 1. The standard InChI is InChI=1S/C23H25FN2O4/c1-5-29-22(27)20-19(13-30-18-11-6-14(2)15(3)12-18)26(4)23(28)25-21(20)16-7-9-17(24)10-8-16/h6-12,21H,5,13H2,1-4H3,(H,25,28). The van der Waals surface area contributed by atoms with Gasteiger partial charge in [-0.05, 0) is 61.7 Å². The van der Waals surface area contributed by atoms with Crippen LogP contribution < -0.4 is 10.1 Å². The highest BCUT2D eigenvalue weighted by Crippen LogP contribution is 2.31. The van der Waals surface area contributed by atoms with E-state index in [-0.39, 0.29) is 18.8 Å². The summed E-state index contributed by atoms with van der Waals surface area (Å²) >= 11 is 0. The number of halogens is 1. The molecule has 1 atom stereocenters. The van der Waals surface area contributed by atoms with Crippen LogP contribution in [0.15, 0.2) is 53.7 Å². The zero-order valence-electron chi connectivity index (χ0n) is 17.5. The number of nitrogens with one attached hydrogen (secondary N) is 1. The second kappa shape index (κ2) is 8.98. The molecule has 1 aliphatic rings. The number of carbonyl (C=O) groups excluding carboxylic acids is 2. The summed E-state index contributed by atoms with van der Waals surface area (Å²) < 4.78 is 24.6. The van der Waals surface area contributed by atoms with Crippen molar-refractivity contribution in [1.29, 1.82) is 0 Å². The number of rotatable bonds is 6. The number of aryl methyl sites for hydroxylation is 2. The molecule has 1 heterocycles. The second-order valence-corrected chi connectivity index (χ2v) is 7.11. The first kappa shape index (κ1) is 21.4. The van der Waals surface area contributed by atoms with E-state index >= 15 is 0 Å². The van der Waals surface area contributed by atoms with E-state index in [0.717, 1.165) is 11.1 Å². The number of benzene rings is 2. The molecule has 0 saturated carbocycles. The number of carbonyl (C=O) groups is 2. The number of amides is 2. The molecule has 1 unspecified atom stereocenters.